The molecule has 0 amide bonds. The standard InChI is InChI=1S/C14H14O4/c1-3-9(13(15)16)11-7-5-6-8-12(11)10(4-2)14(17)18/h3-10H,1-2H2,(H,15,16)(H,17,18). The Balaban J connectivity index is 3.37. The number of benzene rings is 1. The number of carbonyl (C=O) groups is 2. The summed E-state index contributed by atoms with van der Waals surface area (Å²) in [6.45, 7) is 6.95. The van der Waals surface area contributed by atoms with E-state index in [2.05, 4.69) is 13.2 Å². The van der Waals surface area contributed by atoms with Crippen LogP contribution in [0.4, 0.5) is 0 Å². The van der Waals surface area contributed by atoms with Gasteiger partial charge in [-0.1, -0.05) is 36.4 Å². The van der Waals surface area contributed by atoms with Crippen LogP contribution in [0.3, 0.4) is 0 Å². The van der Waals surface area contributed by atoms with Gasteiger partial charge in [-0.05, 0) is 11.1 Å². The minimum Gasteiger partial charge on any atom is -0.481 e. The summed E-state index contributed by atoms with van der Waals surface area (Å²) in [5.41, 5.74) is 0.847. The van der Waals surface area contributed by atoms with Gasteiger partial charge in [0.1, 0.15) is 0 Å². The van der Waals surface area contributed by atoms with E-state index in [-0.39, 0.29) is 0 Å². The van der Waals surface area contributed by atoms with Gasteiger partial charge in [0, 0.05) is 0 Å². The molecule has 0 aromatic heterocycles. The number of hydrogen-bond acceptors (Lipinski definition) is 2. The molecule has 0 saturated carbocycles. The van der Waals surface area contributed by atoms with Crippen LogP contribution in [0.25, 0.3) is 0 Å². The van der Waals surface area contributed by atoms with E-state index in [0.29, 0.717) is 11.1 Å². The van der Waals surface area contributed by atoms with E-state index in [9.17, 15) is 9.59 Å². The molecule has 2 N–H and O–H groups in total. The van der Waals surface area contributed by atoms with Crippen molar-refractivity contribution < 1.29 is 19.8 Å². The second kappa shape index (κ2) is 5.82. The van der Waals surface area contributed by atoms with Gasteiger partial charge in [0.25, 0.3) is 0 Å². The van der Waals surface area contributed by atoms with Crippen LogP contribution in [0, 0.1) is 0 Å². The van der Waals surface area contributed by atoms with E-state index in [0.717, 1.165) is 0 Å². The molecule has 0 aliphatic carbocycles. The molecular formula is C14H14O4. The maximum Gasteiger partial charge on any atom is 0.314 e. The molecule has 1 aromatic carbocycles. The Morgan fingerprint density at radius 2 is 1.28 bits per heavy atom. The fourth-order valence-electron chi connectivity index (χ4n) is 1.80. The van der Waals surface area contributed by atoms with E-state index >= 15 is 0 Å². The molecule has 2 unspecified atom stereocenters. The number of hydrogen-bond donors (Lipinski definition) is 2. The largest absolute Gasteiger partial charge is 0.481 e. The molecule has 4 heteroatoms. The van der Waals surface area contributed by atoms with E-state index < -0.39 is 23.8 Å². The Bertz CT molecular complexity index is 445. The summed E-state index contributed by atoms with van der Waals surface area (Å²) in [7, 11) is 0. The van der Waals surface area contributed by atoms with Crippen molar-refractivity contribution in [3.63, 3.8) is 0 Å². The van der Waals surface area contributed by atoms with E-state index in [1.807, 2.05) is 0 Å². The molecule has 2 atom stereocenters. The molecule has 94 valence electrons. The van der Waals surface area contributed by atoms with Crippen molar-refractivity contribution in [3.8, 4) is 0 Å². The lowest BCUT2D eigenvalue weighted by Crippen LogP contribution is -2.16. The van der Waals surface area contributed by atoms with Crippen LogP contribution in [0.5, 0.6) is 0 Å². The van der Waals surface area contributed by atoms with Crippen LogP contribution >= 0.6 is 0 Å². The number of rotatable bonds is 6. The molecule has 0 heterocycles. The van der Waals surface area contributed by atoms with Gasteiger partial charge < -0.3 is 10.2 Å². The first-order chi connectivity index (χ1) is 8.52. The number of carboxylic acids is 2. The van der Waals surface area contributed by atoms with Crippen LogP contribution in [0.2, 0.25) is 0 Å². The average molecular weight is 246 g/mol. The average Bonchev–Trinajstić information content (AvgIpc) is 2.32. The van der Waals surface area contributed by atoms with Crippen LogP contribution in [0.15, 0.2) is 49.6 Å². The molecule has 0 aliphatic rings. The topological polar surface area (TPSA) is 74.6 Å². The Labute approximate surface area is 105 Å². The van der Waals surface area contributed by atoms with Crippen molar-refractivity contribution in [2.75, 3.05) is 0 Å². The minimum atomic E-state index is -1.06. The first kappa shape index (κ1) is 13.7. The van der Waals surface area contributed by atoms with Gasteiger partial charge in [-0.25, -0.2) is 0 Å². The zero-order valence-corrected chi connectivity index (χ0v) is 9.74. The third-order valence-corrected chi connectivity index (χ3v) is 2.67. The summed E-state index contributed by atoms with van der Waals surface area (Å²) in [4.78, 5) is 22.2. The monoisotopic (exact) mass is 246 g/mol. The highest BCUT2D eigenvalue weighted by atomic mass is 16.4. The normalized spacial score (nSPS) is 13.3. The molecule has 0 bridgehead atoms. The molecule has 4 nitrogen and oxygen atoms in total. The highest BCUT2D eigenvalue weighted by Crippen LogP contribution is 2.28. The molecule has 0 spiro atoms. The molecular weight excluding hydrogens is 232 g/mol. The maximum absolute atomic E-state index is 11.1. The van der Waals surface area contributed by atoms with Crippen LogP contribution in [-0.4, -0.2) is 22.2 Å². The van der Waals surface area contributed by atoms with E-state index in [4.69, 9.17) is 10.2 Å². The lowest BCUT2D eigenvalue weighted by atomic mass is 9.87. The third-order valence-electron chi connectivity index (χ3n) is 2.67. The molecule has 0 fully saturated rings. The van der Waals surface area contributed by atoms with Gasteiger partial charge in [-0.15, -0.1) is 13.2 Å². The molecule has 0 radical (unpaired) electrons. The van der Waals surface area contributed by atoms with Gasteiger partial charge in [-0.2, -0.15) is 0 Å². The minimum absolute atomic E-state index is 0.423. The fourth-order valence-corrected chi connectivity index (χ4v) is 1.80. The summed E-state index contributed by atoms with van der Waals surface area (Å²) >= 11 is 0. The van der Waals surface area contributed by atoms with Crippen molar-refractivity contribution in [1.29, 1.82) is 0 Å². The Kier molecular flexibility index (Phi) is 4.43. The van der Waals surface area contributed by atoms with Crippen LogP contribution in [-0.2, 0) is 9.59 Å². The highest BCUT2D eigenvalue weighted by molar-refractivity contribution is 5.83. The third kappa shape index (κ3) is 2.66. The summed E-state index contributed by atoms with van der Waals surface area (Å²) < 4.78 is 0. The lowest BCUT2D eigenvalue weighted by Gasteiger charge is -2.16. The smallest absolute Gasteiger partial charge is 0.314 e. The van der Waals surface area contributed by atoms with Crippen LogP contribution < -0.4 is 0 Å². The summed E-state index contributed by atoms with van der Waals surface area (Å²) in [6, 6.07) is 6.52. The Morgan fingerprint density at radius 1 is 0.944 bits per heavy atom. The fraction of sp³-hybridized carbons (Fsp3) is 0.143. The molecule has 18 heavy (non-hydrogen) atoms. The second-order valence-electron chi connectivity index (χ2n) is 3.73. The SMILES string of the molecule is C=CC(C(=O)O)c1ccccc1C(C=C)C(=O)O. The summed E-state index contributed by atoms with van der Waals surface area (Å²) in [5, 5.41) is 18.2. The first-order valence-electron chi connectivity index (χ1n) is 5.32. The maximum atomic E-state index is 11.1. The zero-order chi connectivity index (χ0) is 13.7. The van der Waals surface area contributed by atoms with Crippen LogP contribution in [0.1, 0.15) is 23.0 Å². The molecule has 0 aliphatic heterocycles. The van der Waals surface area contributed by atoms with E-state index in [1.54, 1.807) is 24.3 Å². The number of aliphatic carboxylic acids is 2. The second-order valence-corrected chi connectivity index (χ2v) is 3.73. The zero-order valence-electron chi connectivity index (χ0n) is 9.74. The molecule has 1 rings (SSSR count). The van der Waals surface area contributed by atoms with Crippen molar-refractivity contribution in [2.45, 2.75) is 11.8 Å². The molecule has 1 aromatic rings. The van der Waals surface area contributed by atoms with Gasteiger partial charge in [0.05, 0.1) is 11.8 Å². The number of carboxylic acid groups (broad SMARTS) is 2. The van der Waals surface area contributed by atoms with Crippen molar-refractivity contribution in [3.05, 3.63) is 60.7 Å². The summed E-state index contributed by atoms with van der Waals surface area (Å²) in [6.07, 6.45) is 2.56. The van der Waals surface area contributed by atoms with Crippen molar-refractivity contribution in [2.24, 2.45) is 0 Å². The quantitative estimate of drug-likeness (QED) is 0.756. The first-order valence-corrected chi connectivity index (χ1v) is 5.32. The predicted octanol–water partition coefficient (Wildman–Crippen LogP) is 2.39. The predicted molar refractivity (Wildman–Crippen MR) is 67.6 cm³/mol. The van der Waals surface area contributed by atoms with Gasteiger partial charge in [0.2, 0.25) is 0 Å². The molecule has 0 saturated heterocycles. The van der Waals surface area contributed by atoms with Crippen molar-refractivity contribution >= 4 is 11.9 Å². The lowest BCUT2D eigenvalue weighted by molar-refractivity contribution is -0.139. The van der Waals surface area contributed by atoms with Gasteiger partial charge >= 0.3 is 11.9 Å². The Morgan fingerprint density at radius 3 is 1.50 bits per heavy atom. The van der Waals surface area contributed by atoms with Gasteiger partial charge in [-0.3, -0.25) is 9.59 Å². The van der Waals surface area contributed by atoms with E-state index in [1.165, 1.54) is 12.2 Å². The highest BCUT2D eigenvalue weighted by Gasteiger charge is 2.25. The summed E-state index contributed by atoms with van der Waals surface area (Å²) in [5.74, 6) is -3.98. The Hall–Kier alpha value is -2.36. The van der Waals surface area contributed by atoms with Gasteiger partial charge in [0.15, 0.2) is 0 Å². The van der Waals surface area contributed by atoms with Crippen molar-refractivity contribution in [1.82, 2.24) is 0 Å².